The van der Waals surface area contributed by atoms with Crippen LogP contribution in [-0.2, 0) is 9.57 Å². The van der Waals surface area contributed by atoms with Gasteiger partial charge in [-0.15, -0.1) is 0 Å². The van der Waals surface area contributed by atoms with E-state index < -0.39 is 7.05 Å². The smallest absolute Gasteiger partial charge is 0.376 e. The molecular weight excluding hydrogens is 159 g/mol. The topological polar surface area (TPSA) is 68.0 Å². The maximum absolute atomic E-state index is 9.05. The molecule has 0 bridgehead atoms. The van der Waals surface area contributed by atoms with Crippen LogP contribution in [0, 0.1) is 0 Å². The highest BCUT2D eigenvalue weighted by molar-refractivity contribution is 6.45. The predicted molar refractivity (Wildman–Crippen MR) is 47.4 cm³/mol. The van der Waals surface area contributed by atoms with E-state index in [0.717, 1.165) is 0 Å². The van der Waals surface area contributed by atoms with Crippen molar-refractivity contribution in [1.82, 2.24) is 4.81 Å². The summed E-state index contributed by atoms with van der Waals surface area (Å²) < 4.78 is 5.14. The molecule has 72 valence electrons. The van der Waals surface area contributed by atoms with Gasteiger partial charge in [-0.1, -0.05) is 0 Å². The Hall–Kier alpha value is -0.135. The van der Waals surface area contributed by atoms with Crippen LogP contribution in [0.25, 0.3) is 0 Å². The summed E-state index contributed by atoms with van der Waals surface area (Å²) in [7, 11) is 1.40. The SMILES string of the molecule is CB(O)N(C)CCOCCON. The molecule has 12 heavy (non-hydrogen) atoms. The summed E-state index contributed by atoms with van der Waals surface area (Å²) in [5, 5.41) is 9.05. The quantitative estimate of drug-likeness (QED) is 0.294. The number of hydrogen-bond acceptors (Lipinski definition) is 5. The molecule has 0 saturated heterocycles. The zero-order valence-electron chi connectivity index (χ0n) is 7.69. The van der Waals surface area contributed by atoms with Crippen molar-refractivity contribution in [3.63, 3.8) is 0 Å². The molecule has 0 rings (SSSR count). The fraction of sp³-hybridized carbons (Fsp3) is 1.00. The van der Waals surface area contributed by atoms with Crippen LogP contribution in [0.3, 0.4) is 0 Å². The van der Waals surface area contributed by atoms with Crippen LogP contribution in [-0.4, -0.2) is 50.3 Å². The number of nitrogens with two attached hydrogens (primary N) is 1. The van der Waals surface area contributed by atoms with Crippen molar-refractivity contribution >= 4 is 7.05 Å². The van der Waals surface area contributed by atoms with Gasteiger partial charge in [-0.3, -0.25) is 0 Å². The van der Waals surface area contributed by atoms with E-state index in [9.17, 15) is 0 Å². The maximum Gasteiger partial charge on any atom is 0.376 e. The third-order valence-corrected chi connectivity index (χ3v) is 1.57. The lowest BCUT2D eigenvalue weighted by Crippen LogP contribution is -2.36. The van der Waals surface area contributed by atoms with Crippen molar-refractivity contribution in [1.29, 1.82) is 0 Å². The molecule has 0 amide bonds. The zero-order chi connectivity index (χ0) is 9.40. The lowest BCUT2D eigenvalue weighted by atomic mass is 9.86. The fourth-order valence-electron chi connectivity index (χ4n) is 0.604. The summed E-state index contributed by atoms with van der Waals surface area (Å²) in [4.78, 5) is 6.09. The van der Waals surface area contributed by atoms with Gasteiger partial charge in [0, 0.05) is 6.54 Å². The van der Waals surface area contributed by atoms with Crippen LogP contribution in [0.1, 0.15) is 0 Å². The first-order valence-corrected chi connectivity index (χ1v) is 3.96. The van der Waals surface area contributed by atoms with E-state index in [1.54, 1.807) is 11.6 Å². The molecule has 0 unspecified atom stereocenters. The highest BCUT2D eigenvalue weighted by Gasteiger charge is 2.09. The number of rotatable bonds is 7. The van der Waals surface area contributed by atoms with E-state index in [1.165, 1.54) is 0 Å². The van der Waals surface area contributed by atoms with Gasteiger partial charge < -0.3 is 19.4 Å². The molecule has 0 radical (unpaired) electrons. The Labute approximate surface area is 73.5 Å². The van der Waals surface area contributed by atoms with Gasteiger partial charge >= 0.3 is 7.05 Å². The van der Waals surface area contributed by atoms with Crippen LogP contribution in [0.15, 0.2) is 0 Å². The van der Waals surface area contributed by atoms with Gasteiger partial charge in [-0.2, -0.15) is 0 Å². The predicted octanol–water partition coefficient (Wildman–Crippen LogP) is -1.06. The lowest BCUT2D eigenvalue weighted by Gasteiger charge is -2.16. The molecule has 0 aliphatic rings. The van der Waals surface area contributed by atoms with Crippen molar-refractivity contribution in [3.05, 3.63) is 0 Å². The van der Waals surface area contributed by atoms with E-state index in [4.69, 9.17) is 15.7 Å². The van der Waals surface area contributed by atoms with Gasteiger partial charge in [0.25, 0.3) is 0 Å². The average molecular weight is 176 g/mol. The number of likely N-dealkylation sites (N-methyl/N-ethyl adjacent to an activating group) is 1. The van der Waals surface area contributed by atoms with Crippen molar-refractivity contribution in [2.24, 2.45) is 5.90 Å². The molecule has 0 atom stereocenters. The van der Waals surface area contributed by atoms with Crippen LogP contribution >= 0.6 is 0 Å². The van der Waals surface area contributed by atoms with E-state index in [0.29, 0.717) is 26.4 Å². The number of ether oxygens (including phenoxy) is 1. The highest BCUT2D eigenvalue weighted by Crippen LogP contribution is 1.86. The summed E-state index contributed by atoms with van der Waals surface area (Å²) >= 11 is 0. The van der Waals surface area contributed by atoms with Gasteiger partial charge in [-0.25, -0.2) is 5.90 Å². The standard InChI is InChI=1S/C6H17BN2O3/c1-7(10)9(2)3-4-11-5-6-12-8/h10H,3-6,8H2,1-2H3. The second-order valence-electron chi connectivity index (χ2n) is 2.60. The average Bonchev–Trinajstić information content (AvgIpc) is 2.03. The summed E-state index contributed by atoms with van der Waals surface area (Å²) in [6.45, 7) is 3.87. The minimum Gasteiger partial charge on any atom is -0.437 e. The van der Waals surface area contributed by atoms with Crippen molar-refractivity contribution in [2.75, 3.05) is 33.4 Å². The molecule has 5 nitrogen and oxygen atoms in total. The number of nitrogens with zero attached hydrogens (tertiary/aromatic N) is 1. The molecule has 0 saturated carbocycles. The van der Waals surface area contributed by atoms with Crippen molar-refractivity contribution in [3.8, 4) is 0 Å². The largest absolute Gasteiger partial charge is 0.437 e. The van der Waals surface area contributed by atoms with Gasteiger partial charge in [0.2, 0.25) is 0 Å². The Kier molecular flexibility index (Phi) is 7.43. The number of hydrogen-bond donors (Lipinski definition) is 2. The van der Waals surface area contributed by atoms with E-state index in [1.807, 2.05) is 7.05 Å². The summed E-state index contributed by atoms with van der Waals surface area (Å²) in [5.74, 6) is 4.79. The Balaban J connectivity index is 3.08. The summed E-state index contributed by atoms with van der Waals surface area (Å²) in [5.41, 5.74) is 0. The molecule has 3 N–H and O–H groups in total. The zero-order valence-corrected chi connectivity index (χ0v) is 7.69. The first kappa shape index (κ1) is 11.9. The molecular formula is C6H17BN2O3. The minimum absolute atomic E-state index is 0.401. The molecule has 0 aromatic rings. The molecule has 0 aromatic carbocycles. The minimum atomic E-state index is -0.431. The lowest BCUT2D eigenvalue weighted by molar-refractivity contribution is 0.0447. The molecule has 0 heterocycles. The monoisotopic (exact) mass is 176 g/mol. The molecule has 0 aliphatic heterocycles. The van der Waals surface area contributed by atoms with Crippen LogP contribution in [0.2, 0.25) is 6.82 Å². The molecule has 0 spiro atoms. The second-order valence-corrected chi connectivity index (χ2v) is 2.60. The highest BCUT2D eigenvalue weighted by atomic mass is 16.6. The fourth-order valence-corrected chi connectivity index (χ4v) is 0.604. The van der Waals surface area contributed by atoms with E-state index in [2.05, 4.69) is 4.84 Å². The third kappa shape index (κ3) is 6.57. The molecule has 0 fully saturated rings. The second kappa shape index (κ2) is 7.51. The van der Waals surface area contributed by atoms with Gasteiger partial charge in [0.05, 0.1) is 19.8 Å². The Morgan fingerprint density at radius 2 is 2.08 bits per heavy atom. The van der Waals surface area contributed by atoms with Crippen molar-refractivity contribution < 1.29 is 14.6 Å². The normalized spacial score (nSPS) is 10.8. The van der Waals surface area contributed by atoms with Crippen LogP contribution in [0.5, 0.6) is 0 Å². The Morgan fingerprint density at radius 3 is 2.58 bits per heavy atom. The van der Waals surface area contributed by atoms with Crippen LogP contribution in [0.4, 0.5) is 0 Å². The molecule has 0 aliphatic carbocycles. The molecule has 6 heteroatoms. The first-order valence-electron chi connectivity index (χ1n) is 3.96. The van der Waals surface area contributed by atoms with Gasteiger partial charge in [0.15, 0.2) is 0 Å². The van der Waals surface area contributed by atoms with Gasteiger partial charge in [-0.05, 0) is 13.9 Å². The van der Waals surface area contributed by atoms with Gasteiger partial charge in [0.1, 0.15) is 0 Å². The third-order valence-electron chi connectivity index (χ3n) is 1.57. The summed E-state index contributed by atoms with van der Waals surface area (Å²) in [6, 6.07) is 0. The Bertz CT molecular complexity index is 105. The van der Waals surface area contributed by atoms with E-state index >= 15 is 0 Å². The van der Waals surface area contributed by atoms with Crippen molar-refractivity contribution in [2.45, 2.75) is 6.82 Å². The van der Waals surface area contributed by atoms with Crippen LogP contribution < -0.4 is 5.90 Å². The Morgan fingerprint density at radius 1 is 1.42 bits per heavy atom. The summed E-state index contributed by atoms with van der Waals surface area (Å²) in [6.07, 6.45) is 0. The maximum atomic E-state index is 9.05. The molecule has 0 aromatic heterocycles. The van der Waals surface area contributed by atoms with E-state index in [-0.39, 0.29) is 0 Å². The first-order chi connectivity index (χ1) is 5.68.